The van der Waals surface area contributed by atoms with Crippen molar-refractivity contribution in [2.75, 3.05) is 11.9 Å². The van der Waals surface area contributed by atoms with Gasteiger partial charge in [0.15, 0.2) is 5.69 Å². The van der Waals surface area contributed by atoms with Crippen molar-refractivity contribution in [1.82, 2.24) is 14.8 Å². The maximum Gasteiger partial charge on any atom is 0.354 e. The molecule has 2 aromatic heterocycles. The number of aromatic carboxylic acids is 1. The minimum atomic E-state index is -1.24. The number of carboxylic acids is 1. The molecule has 0 unspecified atom stereocenters. The van der Waals surface area contributed by atoms with Crippen LogP contribution in [-0.4, -0.2) is 37.3 Å². The number of nitrogens with zero attached hydrogens (tertiary/aromatic N) is 4. The van der Waals surface area contributed by atoms with Crippen LogP contribution in [-0.2, 0) is 13.5 Å². The molecule has 0 fully saturated rings. The Kier molecular flexibility index (Phi) is 4.12. The number of nitro groups is 1. The van der Waals surface area contributed by atoms with Gasteiger partial charge in [-0.3, -0.25) is 14.8 Å². The Morgan fingerprint density at radius 1 is 1.52 bits per heavy atom. The molecule has 0 aliphatic carbocycles. The zero-order chi connectivity index (χ0) is 15.4. The summed E-state index contributed by atoms with van der Waals surface area (Å²) >= 11 is 0. The standard InChI is InChI=1S/C12H13N5O4/c1-16-7-8(6-14-16)4-5-13-11-10(17(20)21)3-2-9(15-11)12(18)19/h2-3,6-7H,4-5H2,1H3,(H,13,15)(H,18,19). The van der Waals surface area contributed by atoms with Crippen molar-refractivity contribution in [2.24, 2.45) is 7.05 Å². The van der Waals surface area contributed by atoms with E-state index >= 15 is 0 Å². The Bertz CT molecular complexity index is 682. The maximum absolute atomic E-state index is 10.9. The molecular formula is C12H13N5O4. The van der Waals surface area contributed by atoms with Gasteiger partial charge in [-0.1, -0.05) is 0 Å². The maximum atomic E-state index is 10.9. The summed E-state index contributed by atoms with van der Waals surface area (Å²) in [6.07, 6.45) is 4.11. The first-order valence-corrected chi connectivity index (χ1v) is 6.07. The highest BCUT2D eigenvalue weighted by Gasteiger charge is 2.18. The first kappa shape index (κ1) is 14.4. The Labute approximate surface area is 119 Å². The van der Waals surface area contributed by atoms with Gasteiger partial charge in [-0.25, -0.2) is 9.78 Å². The number of rotatable bonds is 6. The molecule has 2 heterocycles. The third-order valence-corrected chi connectivity index (χ3v) is 2.75. The van der Waals surface area contributed by atoms with Crippen molar-refractivity contribution in [3.63, 3.8) is 0 Å². The number of hydrogen-bond acceptors (Lipinski definition) is 6. The number of aryl methyl sites for hydroxylation is 1. The van der Waals surface area contributed by atoms with E-state index in [-0.39, 0.29) is 17.2 Å². The molecule has 0 aromatic carbocycles. The van der Waals surface area contributed by atoms with Gasteiger partial charge in [0.1, 0.15) is 0 Å². The molecule has 9 nitrogen and oxygen atoms in total. The Balaban J connectivity index is 2.11. The third-order valence-electron chi connectivity index (χ3n) is 2.75. The van der Waals surface area contributed by atoms with Gasteiger partial charge >= 0.3 is 11.7 Å². The number of carboxylic acid groups (broad SMARTS) is 1. The van der Waals surface area contributed by atoms with Crippen molar-refractivity contribution < 1.29 is 14.8 Å². The molecule has 0 aliphatic rings. The van der Waals surface area contributed by atoms with E-state index in [0.717, 1.165) is 17.7 Å². The van der Waals surface area contributed by atoms with Crippen LogP contribution < -0.4 is 5.32 Å². The molecule has 0 bridgehead atoms. The Hall–Kier alpha value is -2.97. The molecule has 0 amide bonds. The summed E-state index contributed by atoms with van der Waals surface area (Å²) in [7, 11) is 1.79. The van der Waals surface area contributed by atoms with E-state index in [1.54, 1.807) is 17.9 Å². The summed E-state index contributed by atoms with van der Waals surface area (Å²) in [6.45, 7) is 0.378. The smallest absolute Gasteiger partial charge is 0.354 e. The number of carbonyl (C=O) groups is 1. The highest BCUT2D eigenvalue weighted by atomic mass is 16.6. The number of pyridine rings is 1. The zero-order valence-corrected chi connectivity index (χ0v) is 11.2. The van der Waals surface area contributed by atoms with Crippen molar-refractivity contribution in [2.45, 2.75) is 6.42 Å². The SMILES string of the molecule is Cn1cc(CCNc2nc(C(=O)O)ccc2[N+](=O)[O-])cn1. The number of anilines is 1. The van der Waals surface area contributed by atoms with Gasteiger partial charge in [0.05, 0.1) is 11.1 Å². The Morgan fingerprint density at radius 2 is 2.29 bits per heavy atom. The molecule has 9 heteroatoms. The second kappa shape index (κ2) is 5.99. The van der Waals surface area contributed by atoms with Crippen molar-refractivity contribution in [1.29, 1.82) is 0 Å². The summed E-state index contributed by atoms with van der Waals surface area (Å²) in [5.74, 6) is -1.29. The lowest BCUT2D eigenvalue weighted by atomic mass is 10.2. The predicted octanol–water partition coefficient (Wildman–Crippen LogP) is 1.08. The van der Waals surface area contributed by atoms with Crippen LogP contribution in [0.1, 0.15) is 16.1 Å². The number of aromatic nitrogens is 3. The fourth-order valence-corrected chi connectivity index (χ4v) is 1.77. The normalized spacial score (nSPS) is 10.3. The first-order chi connectivity index (χ1) is 9.97. The van der Waals surface area contributed by atoms with E-state index in [1.807, 2.05) is 6.20 Å². The van der Waals surface area contributed by atoms with E-state index < -0.39 is 10.9 Å². The lowest BCUT2D eigenvalue weighted by molar-refractivity contribution is -0.384. The lowest BCUT2D eigenvalue weighted by Crippen LogP contribution is -2.11. The minimum Gasteiger partial charge on any atom is -0.477 e. The quantitative estimate of drug-likeness (QED) is 0.602. The molecule has 0 radical (unpaired) electrons. The average Bonchev–Trinajstić information content (AvgIpc) is 2.84. The van der Waals surface area contributed by atoms with Crippen LogP contribution >= 0.6 is 0 Å². The van der Waals surface area contributed by atoms with Gasteiger partial charge in [0.2, 0.25) is 5.82 Å². The van der Waals surface area contributed by atoms with E-state index in [4.69, 9.17) is 5.11 Å². The van der Waals surface area contributed by atoms with Crippen molar-refractivity contribution >= 4 is 17.5 Å². The van der Waals surface area contributed by atoms with Crippen LogP contribution in [0.15, 0.2) is 24.5 Å². The number of hydrogen-bond donors (Lipinski definition) is 2. The van der Waals surface area contributed by atoms with Gasteiger partial charge in [-0.2, -0.15) is 5.10 Å². The monoisotopic (exact) mass is 291 g/mol. The second-order valence-corrected chi connectivity index (χ2v) is 4.33. The van der Waals surface area contributed by atoms with Gasteiger partial charge in [-0.05, 0) is 18.1 Å². The highest BCUT2D eigenvalue weighted by Crippen LogP contribution is 2.22. The van der Waals surface area contributed by atoms with Gasteiger partial charge in [-0.15, -0.1) is 0 Å². The van der Waals surface area contributed by atoms with Gasteiger partial charge in [0.25, 0.3) is 0 Å². The molecule has 2 rings (SSSR count). The molecule has 110 valence electrons. The lowest BCUT2D eigenvalue weighted by Gasteiger charge is -2.06. The van der Waals surface area contributed by atoms with Crippen LogP contribution in [0.3, 0.4) is 0 Å². The molecule has 0 atom stereocenters. The molecule has 0 aliphatic heterocycles. The summed E-state index contributed by atoms with van der Waals surface area (Å²) in [6, 6.07) is 2.23. The number of nitrogens with one attached hydrogen (secondary N) is 1. The molecule has 0 saturated heterocycles. The summed E-state index contributed by atoms with van der Waals surface area (Å²) in [5.41, 5.74) is 0.456. The van der Waals surface area contributed by atoms with Crippen LogP contribution in [0.5, 0.6) is 0 Å². The van der Waals surface area contributed by atoms with Crippen LogP contribution in [0.4, 0.5) is 11.5 Å². The van der Waals surface area contributed by atoms with Crippen LogP contribution in [0.25, 0.3) is 0 Å². The van der Waals surface area contributed by atoms with Crippen molar-refractivity contribution in [3.8, 4) is 0 Å². The molecule has 21 heavy (non-hydrogen) atoms. The van der Waals surface area contributed by atoms with Crippen LogP contribution in [0, 0.1) is 10.1 Å². The fourth-order valence-electron chi connectivity index (χ4n) is 1.77. The van der Waals surface area contributed by atoms with Gasteiger partial charge in [0, 0.05) is 25.9 Å². The van der Waals surface area contributed by atoms with E-state index in [2.05, 4.69) is 15.4 Å². The van der Waals surface area contributed by atoms with E-state index in [1.165, 1.54) is 0 Å². The molecule has 2 N–H and O–H groups in total. The first-order valence-electron chi connectivity index (χ1n) is 6.07. The average molecular weight is 291 g/mol. The topological polar surface area (TPSA) is 123 Å². The summed E-state index contributed by atoms with van der Waals surface area (Å²) < 4.78 is 1.65. The third kappa shape index (κ3) is 3.53. The van der Waals surface area contributed by atoms with Crippen molar-refractivity contribution in [3.05, 3.63) is 45.9 Å². The Morgan fingerprint density at radius 3 is 2.86 bits per heavy atom. The fraction of sp³-hybridized carbons (Fsp3) is 0.250. The highest BCUT2D eigenvalue weighted by molar-refractivity contribution is 5.86. The van der Waals surface area contributed by atoms with E-state index in [0.29, 0.717) is 13.0 Å². The zero-order valence-electron chi connectivity index (χ0n) is 11.2. The van der Waals surface area contributed by atoms with E-state index in [9.17, 15) is 14.9 Å². The predicted molar refractivity (Wildman–Crippen MR) is 73.3 cm³/mol. The van der Waals surface area contributed by atoms with Gasteiger partial charge < -0.3 is 10.4 Å². The molecule has 0 saturated carbocycles. The molecule has 0 spiro atoms. The second-order valence-electron chi connectivity index (χ2n) is 4.33. The molecular weight excluding hydrogens is 278 g/mol. The molecule has 2 aromatic rings. The largest absolute Gasteiger partial charge is 0.477 e. The van der Waals surface area contributed by atoms with Crippen LogP contribution in [0.2, 0.25) is 0 Å². The summed E-state index contributed by atoms with van der Waals surface area (Å²) in [4.78, 5) is 24.9. The minimum absolute atomic E-state index is 0.0520. The summed E-state index contributed by atoms with van der Waals surface area (Å²) in [5, 5.41) is 26.6.